The maximum Gasteiger partial charge on any atom is 0.267 e. The van der Waals surface area contributed by atoms with Gasteiger partial charge in [0.2, 0.25) is 0 Å². The van der Waals surface area contributed by atoms with E-state index in [-0.39, 0.29) is 11.9 Å². The molecule has 3 aromatic rings. The van der Waals surface area contributed by atoms with Crippen molar-refractivity contribution in [2.24, 2.45) is 0 Å². The van der Waals surface area contributed by atoms with E-state index in [1.165, 1.54) is 11.1 Å². The van der Waals surface area contributed by atoms with Crippen LogP contribution in [0.5, 0.6) is 0 Å². The van der Waals surface area contributed by atoms with Crippen molar-refractivity contribution in [1.29, 1.82) is 0 Å². The topological polar surface area (TPSA) is 48.1 Å². The number of aromatic amines is 1. The molecule has 0 bridgehead atoms. The lowest BCUT2D eigenvalue weighted by molar-refractivity contribution is 0.0904. The first-order chi connectivity index (χ1) is 12.7. The van der Waals surface area contributed by atoms with Gasteiger partial charge in [-0.25, -0.2) is 0 Å². The molecule has 1 amide bonds. The molecule has 134 valence electrons. The molecule has 0 spiro atoms. The number of amides is 1. The number of hydrogen-bond acceptors (Lipinski definition) is 2. The summed E-state index contributed by atoms with van der Waals surface area (Å²) in [6.45, 7) is 5.09. The average molecular weight is 347 g/mol. The maximum atomic E-state index is 12.6. The van der Waals surface area contributed by atoms with Crippen molar-refractivity contribution in [3.63, 3.8) is 0 Å². The van der Waals surface area contributed by atoms with Crippen molar-refractivity contribution in [3.8, 4) is 0 Å². The van der Waals surface area contributed by atoms with Gasteiger partial charge in [0.15, 0.2) is 0 Å². The van der Waals surface area contributed by atoms with Crippen LogP contribution in [-0.2, 0) is 6.54 Å². The second-order valence-electron chi connectivity index (χ2n) is 7.28. The molecule has 1 fully saturated rings. The molecule has 0 atom stereocenters. The molecule has 1 aliphatic rings. The molecule has 0 aliphatic carbocycles. The molecule has 2 N–H and O–H groups in total. The third-order valence-electron chi connectivity index (χ3n) is 5.19. The van der Waals surface area contributed by atoms with Crippen molar-refractivity contribution < 1.29 is 4.79 Å². The van der Waals surface area contributed by atoms with Crippen molar-refractivity contribution in [3.05, 3.63) is 71.4 Å². The van der Waals surface area contributed by atoms with Gasteiger partial charge in [0, 0.05) is 36.6 Å². The molecule has 1 aromatic heterocycles. The number of nitrogens with zero attached hydrogens (tertiary/aromatic N) is 1. The van der Waals surface area contributed by atoms with Gasteiger partial charge in [-0.2, -0.15) is 0 Å². The zero-order valence-corrected chi connectivity index (χ0v) is 15.2. The molecule has 1 saturated heterocycles. The minimum absolute atomic E-state index is 0.000336. The number of rotatable bonds is 4. The quantitative estimate of drug-likeness (QED) is 0.753. The summed E-state index contributed by atoms with van der Waals surface area (Å²) in [6, 6.07) is 19.0. The second-order valence-corrected chi connectivity index (χ2v) is 7.28. The number of piperidine rings is 1. The van der Waals surface area contributed by atoms with Crippen LogP contribution in [0.2, 0.25) is 0 Å². The van der Waals surface area contributed by atoms with Crippen molar-refractivity contribution in [1.82, 2.24) is 15.2 Å². The Hall–Kier alpha value is -2.59. The van der Waals surface area contributed by atoms with Crippen LogP contribution >= 0.6 is 0 Å². The van der Waals surface area contributed by atoms with E-state index in [4.69, 9.17) is 0 Å². The van der Waals surface area contributed by atoms with Gasteiger partial charge in [-0.15, -0.1) is 0 Å². The number of fused-ring (bicyclic) bond motifs is 1. The Kier molecular flexibility index (Phi) is 4.76. The van der Waals surface area contributed by atoms with E-state index in [1.807, 2.05) is 6.07 Å². The van der Waals surface area contributed by atoms with Crippen molar-refractivity contribution in [2.45, 2.75) is 32.4 Å². The molecule has 0 unspecified atom stereocenters. The highest BCUT2D eigenvalue weighted by molar-refractivity contribution is 5.98. The van der Waals surface area contributed by atoms with E-state index in [0.717, 1.165) is 43.4 Å². The average Bonchev–Trinajstić information content (AvgIpc) is 3.07. The molecule has 4 rings (SSSR count). The van der Waals surface area contributed by atoms with Gasteiger partial charge in [-0.05, 0) is 43.0 Å². The Bertz CT molecular complexity index is 892. The van der Waals surface area contributed by atoms with E-state index in [2.05, 4.69) is 70.7 Å². The second kappa shape index (κ2) is 7.34. The first kappa shape index (κ1) is 16.9. The van der Waals surface area contributed by atoms with Crippen LogP contribution in [0.15, 0.2) is 54.6 Å². The van der Waals surface area contributed by atoms with Gasteiger partial charge in [0.1, 0.15) is 5.69 Å². The third kappa shape index (κ3) is 3.81. The predicted molar refractivity (Wildman–Crippen MR) is 105 cm³/mol. The summed E-state index contributed by atoms with van der Waals surface area (Å²) >= 11 is 0. The minimum atomic E-state index is 0.000336. The summed E-state index contributed by atoms with van der Waals surface area (Å²) in [5, 5.41) is 4.28. The van der Waals surface area contributed by atoms with E-state index < -0.39 is 0 Å². The zero-order chi connectivity index (χ0) is 17.9. The number of aryl methyl sites for hydroxylation is 1. The largest absolute Gasteiger partial charge is 0.351 e. The molecule has 26 heavy (non-hydrogen) atoms. The molecular formula is C22H25N3O. The number of H-pyrrole nitrogens is 1. The van der Waals surface area contributed by atoms with Crippen LogP contribution < -0.4 is 5.32 Å². The smallest absolute Gasteiger partial charge is 0.267 e. The number of aromatic nitrogens is 1. The van der Waals surface area contributed by atoms with E-state index >= 15 is 0 Å². The number of carbonyl (C=O) groups excluding carboxylic acids is 1. The normalized spacial score (nSPS) is 16.0. The lowest BCUT2D eigenvalue weighted by atomic mass is 10.0. The molecule has 4 nitrogen and oxygen atoms in total. The first-order valence-electron chi connectivity index (χ1n) is 9.34. The fourth-order valence-corrected chi connectivity index (χ4v) is 3.70. The maximum absolute atomic E-state index is 12.6. The lowest BCUT2D eigenvalue weighted by Gasteiger charge is -2.32. The minimum Gasteiger partial charge on any atom is -0.351 e. The Morgan fingerprint density at radius 3 is 2.65 bits per heavy atom. The molecule has 4 heteroatoms. The molecule has 2 aromatic carbocycles. The lowest BCUT2D eigenvalue weighted by Crippen LogP contribution is -2.44. The molecule has 2 heterocycles. The highest BCUT2D eigenvalue weighted by Crippen LogP contribution is 2.18. The molecule has 0 radical (unpaired) electrons. The number of carbonyl (C=O) groups is 1. The molecular weight excluding hydrogens is 322 g/mol. The van der Waals surface area contributed by atoms with Gasteiger partial charge in [-0.3, -0.25) is 9.69 Å². The molecule has 0 saturated carbocycles. The van der Waals surface area contributed by atoms with Gasteiger partial charge in [-0.1, -0.05) is 42.5 Å². The van der Waals surface area contributed by atoms with Gasteiger partial charge < -0.3 is 10.3 Å². The Labute approximate surface area is 154 Å². The van der Waals surface area contributed by atoms with Crippen LogP contribution in [-0.4, -0.2) is 34.9 Å². The van der Waals surface area contributed by atoms with Gasteiger partial charge in [0.25, 0.3) is 5.91 Å². The summed E-state index contributed by atoms with van der Waals surface area (Å²) in [6.07, 6.45) is 2.00. The van der Waals surface area contributed by atoms with E-state index in [9.17, 15) is 4.79 Å². The fraction of sp³-hybridized carbons (Fsp3) is 0.318. The standard InChI is InChI=1S/C22H25N3O/c1-16-7-8-18-14-21(24-20(18)13-16)22(26)23-19-9-11-25(12-10-19)15-17-5-3-2-4-6-17/h2-8,13-14,19,24H,9-12,15H2,1H3,(H,23,26). The zero-order valence-electron chi connectivity index (χ0n) is 15.2. The fourth-order valence-electron chi connectivity index (χ4n) is 3.70. The summed E-state index contributed by atoms with van der Waals surface area (Å²) in [5.74, 6) is 0.000336. The number of likely N-dealkylation sites (tertiary alicyclic amines) is 1. The van der Waals surface area contributed by atoms with Gasteiger partial charge >= 0.3 is 0 Å². The first-order valence-corrected chi connectivity index (χ1v) is 9.34. The highest BCUT2D eigenvalue weighted by atomic mass is 16.1. The Morgan fingerprint density at radius 1 is 1.12 bits per heavy atom. The number of nitrogens with one attached hydrogen (secondary N) is 2. The SMILES string of the molecule is Cc1ccc2cc(C(=O)NC3CCN(Cc4ccccc4)CC3)[nH]c2c1. The highest BCUT2D eigenvalue weighted by Gasteiger charge is 2.21. The van der Waals surface area contributed by atoms with Crippen LogP contribution in [0.1, 0.15) is 34.5 Å². The molecule has 1 aliphatic heterocycles. The third-order valence-corrected chi connectivity index (χ3v) is 5.19. The summed E-state index contributed by atoms with van der Waals surface area (Å²) in [7, 11) is 0. The summed E-state index contributed by atoms with van der Waals surface area (Å²) in [4.78, 5) is 18.3. The predicted octanol–water partition coefficient (Wildman–Crippen LogP) is 3.87. The van der Waals surface area contributed by atoms with Crippen molar-refractivity contribution >= 4 is 16.8 Å². The van der Waals surface area contributed by atoms with Crippen LogP contribution in [0.3, 0.4) is 0 Å². The Morgan fingerprint density at radius 2 is 1.88 bits per heavy atom. The Balaban J connectivity index is 1.32. The van der Waals surface area contributed by atoms with Crippen LogP contribution in [0, 0.1) is 6.92 Å². The van der Waals surface area contributed by atoms with Crippen LogP contribution in [0.4, 0.5) is 0 Å². The van der Waals surface area contributed by atoms with Crippen molar-refractivity contribution in [2.75, 3.05) is 13.1 Å². The van der Waals surface area contributed by atoms with Crippen LogP contribution in [0.25, 0.3) is 10.9 Å². The van der Waals surface area contributed by atoms with E-state index in [1.54, 1.807) is 0 Å². The number of benzene rings is 2. The van der Waals surface area contributed by atoms with Gasteiger partial charge in [0.05, 0.1) is 0 Å². The summed E-state index contributed by atoms with van der Waals surface area (Å²) < 4.78 is 0. The number of hydrogen-bond donors (Lipinski definition) is 2. The summed E-state index contributed by atoms with van der Waals surface area (Å²) in [5.41, 5.74) is 4.21. The van der Waals surface area contributed by atoms with E-state index in [0.29, 0.717) is 5.69 Å². The monoisotopic (exact) mass is 347 g/mol.